The monoisotopic (exact) mass is 305 g/mol. The number of H-pyrrole nitrogens is 1. The molecule has 7 nitrogen and oxygen atoms in total. The Morgan fingerprint density at radius 3 is 2.77 bits per heavy atom. The molecule has 1 aromatic carbocycles. The quantitative estimate of drug-likeness (QED) is 0.451. The molecule has 0 aliphatic heterocycles. The molecule has 118 valence electrons. The van der Waals surface area contributed by atoms with Crippen molar-refractivity contribution in [1.29, 1.82) is 0 Å². The summed E-state index contributed by atoms with van der Waals surface area (Å²) < 4.78 is 0. The van der Waals surface area contributed by atoms with Crippen LogP contribution in [0.5, 0.6) is 0 Å². The molecule has 22 heavy (non-hydrogen) atoms. The number of para-hydroxylation sites is 1. The predicted molar refractivity (Wildman–Crippen MR) is 80.3 cm³/mol. The number of benzene rings is 1. The Labute approximate surface area is 127 Å². The third-order valence-corrected chi connectivity index (χ3v) is 3.51. The van der Waals surface area contributed by atoms with Crippen molar-refractivity contribution < 1.29 is 19.9 Å². The molecule has 2 rings (SSSR count). The first-order valence-electron chi connectivity index (χ1n) is 7.01. The van der Waals surface area contributed by atoms with Gasteiger partial charge in [-0.2, -0.15) is 0 Å². The highest BCUT2D eigenvalue weighted by Crippen LogP contribution is 2.18. The van der Waals surface area contributed by atoms with Crippen molar-refractivity contribution in [2.75, 3.05) is 6.54 Å². The molecule has 0 bridgehead atoms. The summed E-state index contributed by atoms with van der Waals surface area (Å²) in [7, 11) is 0. The Morgan fingerprint density at radius 1 is 1.32 bits per heavy atom. The average molecular weight is 305 g/mol. The van der Waals surface area contributed by atoms with Crippen LogP contribution in [0.15, 0.2) is 30.5 Å². The molecule has 1 aromatic heterocycles. The summed E-state index contributed by atoms with van der Waals surface area (Å²) in [6, 6.07) is 6.74. The molecule has 0 spiro atoms. The number of aromatic nitrogens is 1. The SMILES string of the molecule is N[C@@H](CCC(=O)O)C(=O)N(O)CCc1c[nH]c2ccccc12. The number of hydroxylamine groups is 2. The zero-order valence-corrected chi connectivity index (χ0v) is 12.0. The molecule has 0 fully saturated rings. The van der Waals surface area contributed by atoms with Gasteiger partial charge < -0.3 is 15.8 Å². The standard InChI is InChI=1S/C15H19N3O4/c16-12(5-6-14(19)20)15(21)18(22)8-7-10-9-17-13-4-2-1-3-11(10)13/h1-4,9,12,17,22H,5-8,16H2,(H,19,20)/t12-/m0/s1. The van der Waals surface area contributed by atoms with E-state index in [-0.39, 0.29) is 19.4 Å². The van der Waals surface area contributed by atoms with E-state index in [1.165, 1.54) is 0 Å². The summed E-state index contributed by atoms with van der Waals surface area (Å²) in [5, 5.41) is 19.9. The number of aromatic amines is 1. The number of nitrogens with one attached hydrogen (secondary N) is 1. The fraction of sp³-hybridized carbons (Fsp3) is 0.333. The van der Waals surface area contributed by atoms with E-state index < -0.39 is 17.9 Å². The maximum Gasteiger partial charge on any atom is 0.303 e. The van der Waals surface area contributed by atoms with Crippen molar-refractivity contribution in [3.8, 4) is 0 Å². The molecular formula is C15H19N3O4. The van der Waals surface area contributed by atoms with Crippen LogP contribution in [0.4, 0.5) is 0 Å². The Balaban J connectivity index is 1.90. The van der Waals surface area contributed by atoms with Crippen molar-refractivity contribution >= 4 is 22.8 Å². The van der Waals surface area contributed by atoms with E-state index in [0.29, 0.717) is 11.5 Å². The van der Waals surface area contributed by atoms with Crippen LogP contribution < -0.4 is 5.73 Å². The Hall–Kier alpha value is -2.38. The third-order valence-electron chi connectivity index (χ3n) is 3.51. The van der Waals surface area contributed by atoms with Crippen molar-refractivity contribution in [1.82, 2.24) is 10.0 Å². The van der Waals surface area contributed by atoms with Crippen LogP contribution in [0.2, 0.25) is 0 Å². The molecule has 1 amide bonds. The predicted octanol–water partition coefficient (Wildman–Crippen LogP) is 1.12. The first-order valence-corrected chi connectivity index (χ1v) is 7.01. The number of aliphatic carboxylic acids is 1. The van der Waals surface area contributed by atoms with Crippen molar-refractivity contribution in [3.63, 3.8) is 0 Å². The summed E-state index contributed by atoms with van der Waals surface area (Å²) in [6.07, 6.45) is 2.10. The van der Waals surface area contributed by atoms with Gasteiger partial charge in [-0.05, 0) is 24.5 Å². The summed E-state index contributed by atoms with van der Waals surface area (Å²) in [4.78, 5) is 25.4. The second-order valence-corrected chi connectivity index (χ2v) is 5.11. The molecule has 2 aromatic rings. The number of rotatable bonds is 7. The van der Waals surface area contributed by atoms with Crippen LogP contribution in [0.3, 0.4) is 0 Å². The van der Waals surface area contributed by atoms with E-state index in [0.717, 1.165) is 16.5 Å². The topological polar surface area (TPSA) is 120 Å². The van der Waals surface area contributed by atoms with Crippen LogP contribution in [-0.2, 0) is 16.0 Å². The number of carboxylic acids is 1. The molecule has 0 radical (unpaired) electrons. The van der Waals surface area contributed by atoms with Crippen molar-refractivity contribution in [2.24, 2.45) is 5.73 Å². The fourth-order valence-corrected chi connectivity index (χ4v) is 2.27. The zero-order valence-electron chi connectivity index (χ0n) is 12.0. The minimum Gasteiger partial charge on any atom is -0.481 e. The van der Waals surface area contributed by atoms with Crippen molar-refractivity contribution in [2.45, 2.75) is 25.3 Å². The number of hydrogen-bond acceptors (Lipinski definition) is 4. The van der Waals surface area contributed by atoms with Gasteiger partial charge in [0.05, 0.1) is 12.6 Å². The smallest absolute Gasteiger partial charge is 0.303 e. The number of amides is 1. The summed E-state index contributed by atoms with van der Waals surface area (Å²) in [5.74, 6) is -1.69. The van der Waals surface area contributed by atoms with Gasteiger partial charge in [0.1, 0.15) is 0 Å². The molecule has 1 atom stereocenters. The van der Waals surface area contributed by atoms with E-state index in [9.17, 15) is 14.8 Å². The summed E-state index contributed by atoms with van der Waals surface area (Å²) in [5.41, 5.74) is 7.56. The van der Waals surface area contributed by atoms with E-state index in [4.69, 9.17) is 10.8 Å². The lowest BCUT2D eigenvalue weighted by Crippen LogP contribution is -2.43. The largest absolute Gasteiger partial charge is 0.481 e. The number of hydrogen-bond donors (Lipinski definition) is 4. The number of nitrogens with zero attached hydrogens (tertiary/aromatic N) is 1. The van der Waals surface area contributed by atoms with Crippen LogP contribution in [-0.4, -0.2) is 44.8 Å². The molecular weight excluding hydrogens is 286 g/mol. The zero-order chi connectivity index (χ0) is 16.1. The second kappa shape index (κ2) is 7.06. The van der Waals surface area contributed by atoms with Crippen molar-refractivity contribution in [3.05, 3.63) is 36.0 Å². The first kappa shape index (κ1) is 16.0. The highest BCUT2D eigenvalue weighted by atomic mass is 16.5. The summed E-state index contributed by atoms with van der Waals surface area (Å²) >= 11 is 0. The van der Waals surface area contributed by atoms with E-state index in [1.54, 1.807) is 0 Å². The van der Waals surface area contributed by atoms with Gasteiger partial charge in [0, 0.05) is 23.5 Å². The number of fused-ring (bicyclic) bond motifs is 1. The van der Waals surface area contributed by atoms with Gasteiger partial charge in [0.2, 0.25) is 0 Å². The second-order valence-electron chi connectivity index (χ2n) is 5.11. The minimum atomic E-state index is -1.02. The maximum absolute atomic E-state index is 11.8. The summed E-state index contributed by atoms with van der Waals surface area (Å²) in [6.45, 7) is 0.0987. The van der Waals surface area contributed by atoms with Gasteiger partial charge in [-0.3, -0.25) is 14.8 Å². The molecule has 1 heterocycles. The molecule has 0 saturated carbocycles. The van der Waals surface area contributed by atoms with Crippen LogP contribution >= 0.6 is 0 Å². The lowest BCUT2D eigenvalue weighted by atomic mass is 10.1. The number of carbonyl (C=O) groups is 2. The molecule has 0 saturated heterocycles. The number of nitrogens with two attached hydrogens (primary N) is 1. The van der Waals surface area contributed by atoms with Crippen LogP contribution in [0, 0.1) is 0 Å². The molecule has 5 N–H and O–H groups in total. The van der Waals surface area contributed by atoms with Crippen LogP contribution in [0.25, 0.3) is 10.9 Å². The highest BCUT2D eigenvalue weighted by molar-refractivity contribution is 5.83. The van der Waals surface area contributed by atoms with E-state index in [2.05, 4.69) is 4.98 Å². The Kier molecular flexibility index (Phi) is 5.13. The van der Waals surface area contributed by atoms with Gasteiger partial charge in [0.25, 0.3) is 5.91 Å². The maximum atomic E-state index is 11.8. The lowest BCUT2D eigenvalue weighted by molar-refractivity contribution is -0.166. The molecule has 0 aliphatic carbocycles. The van der Waals surface area contributed by atoms with E-state index in [1.807, 2.05) is 30.5 Å². The fourth-order valence-electron chi connectivity index (χ4n) is 2.27. The van der Waals surface area contributed by atoms with Gasteiger partial charge in [-0.25, -0.2) is 5.06 Å². The van der Waals surface area contributed by atoms with Gasteiger partial charge in [-0.1, -0.05) is 18.2 Å². The van der Waals surface area contributed by atoms with Gasteiger partial charge in [-0.15, -0.1) is 0 Å². The number of carboxylic acid groups (broad SMARTS) is 1. The van der Waals surface area contributed by atoms with E-state index >= 15 is 0 Å². The average Bonchev–Trinajstić information content (AvgIpc) is 2.92. The number of carbonyl (C=O) groups excluding carboxylic acids is 1. The molecule has 0 unspecified atom stereocenters. The Morgan fingerprint density at radius 2 is 2.05 bits per heavy atom. The first-order chi connectivity index (χ1) is 10.5. The third kappa shape index (κ3) is 3.84. The molecule has 0 aliphatic rings. The van der Waals surface area contributed by atoms with Gasteiger partial charge in [0.15, 0.2) is 0 Å². The Bertz CT molecular complexity index is 668. The highest BCUT2D eigenvalue weighted by Gasteiger charge is 2.20. The normalized spacial score (nSPS) is 12.3. The minimum absolute atomic E-state index is 0.00167. The van der Waals surface area contributed by atoms with Crippen LogP contribution in [0.1, 0.15) is 18.4 Å². The molecule has 7 heteroatoms. The van der Waals surface area contributed by atoms with Gasteiger partial charge >= 0.3 is 5.97 Å². The lowest BCUT2D eigenvalue weighted by Gasteiger charge is -2.18.